The molecule has 0 bridgehead atoms. The largest absolute Gasteiger partial charge is 0.247 e. The topological polar surface area (TPSA) is 67.3 Å². The fourth-order valence-electron chi connectivity index (χ4n) is 0.601. The van der Waals surface area contributed by atoms with Crippen molar-refractivity contribution in [1.82, 2.24) is 25.6 Å². The van der Waals surface area contributed by atoms with Gasteiger partial charge in [0.2, 0.25) is 0 Å². The summed E-state index contributed by atoms with van der Waals surface area (Å²) in [5.74, 6) is 0. The molecule has 0 aliphatic heterocycles. The van der Waals surface area contributed by atoms with Gasteiger partial charge in [-0.2, -0.15) is 0 Å². The van der Waals surface area contributed by atoms with Crippen LogP contribution in [0.1, 0.15) is 10.7 Å². The van der Waals surface area contributed by atoms with Crippen LogP contribution in [0.5, 0.6) is 0 Å². The average molecular weight is 264 g/mol. The Hall–Kier alpha value is -0.820. The Kier molecular flexibility index (Phi) is 6.25. The standard InChI is InChI=1S/C5H7NS.CH2N4.BrH/c1-4-3-7-5(2)6-4;1-2-4-5-3-1;/h3H,1-2H3;1H,(H,2,3,4,5);1H. The summed E-state index contributed by atoms with van der Waals surface area (Å²) in [6.07, 6.45) is 1.40. The van der Waals surface area contributed by atoms with Gasteiger partial charge in [-0.3, -0.25) is 0 Å². The second kappa shape index (κ2) is 6.67. The number of tetrazole rings is 1. The number of thiazole rings is 1. The van der Waals surface area contributed by atoms with Crippen molar-refractivity contribution in [3.63, 3.8) is 0 Å². The van der Waals surface area contributed by atoms with Crippen LogP contribution in [0.15, 0.2) is 11.7 Å². The van der Waals surface area contributed by atoms with Crippen molar-refractivity contribution in [2.24, 2.45) is 0 Å². The minimum absolute atomic E-state index is 0. The third-order valence-corrected chi connectivity index (χ3v) is 1.89. The van der Waals surface area contributed by atoms with Crippen LogP contribution in [-0.2, 0) is 0 Å². The molecule has 2 rings (SSSR count). The zero-order valence-electron chi connectivity index (χ0n) is 7.26. The van der Waals surface area contributed by atoms with Gasteiger partial charge in [0, 0.05) is 11.1 Å². The van der Waals surface area contributed by atoms with Gasteiger partial charge < -0.3 is 0 Å². The van der Waals surface area contributed by atoms with Crippen molar-refractivity contribution in [1.29, 1.82) is 0 Å². The first-order valence-electron chi connectivity index (χ1n) is 3.35. The molecule has 5 nitrogen and oxygen atoms in total. The van der Waals surface area contributed by atoms with Crippen LogP contribution in [0, 0.1) is 13.8 Å². The summed E-state index contributed by atoms with van der Waals surface area (Å²) in [5, 5.41) is 15.3. The van der Waals surface area contributed by atoms with Crippen molar-refractivity contribution in [2.75, 3.05) is 0 Å². The summed E-state index contributed by atoms with van der Waals surface area (Å²) in [6.45, 7) is 4.02. The molecule has 0 unspecified atom stereocenters. The predicted molar refractivity (Wildman–Crippen MR) is 56.1 cm³/mol. The highest BCUT2D eigenvalue weighted by Gasteiger charge is 1.86. The molecule has 0 saturated heterocycles. The van der Waals surface area contributed by atoms with Gasteiger partial charge >= 0.3 is 0 Å². The third-order valence-electron chi connectivity index (χ3n) is 1.00. The number of nitrogens with one attached hydrogen (secondary N) is 1. The Morgan fingerprint density at radius 3 is 2.31 bits per heavy atom. The quantitative estimate of drug-likeness (QED) is 0.783. The highest BCUT2D eigenvalue weighted by Crippen LogP contribution is 2.04. The molecule has 0 amide bonds. The summed E-state index contributed by atoms with van der Waals surface area (Å²) < 4.78 is 0. The molecule has 1 N–H and O–H groups in total. The van der Waals surface area contributed by atoms with E-state index in [0.717, 1.165) is 10.7 Å². The Bertz CT molecular complexity index is 273. The van der Waals surface area contributed by atoms with Gasteiger partial charge in [0.1, 0.15) is 6.33 Å². The van der Waals surface area contributed by atoms with E-state index in [1.807, 2.05) is 13.8 Å². The maximum Gasteiger partial charge on any atom is 0.135 e. The number of aromatic amines is 1. The Labute approximate surface area is 90.4 Å². The third kappa shape index (κ3) is 5.42. The molecule has 0 aliphatic carbocycles. The summed E-state index contributed by atoms with van der Waals surface area (Å²) in [5.41, 5.74) is 1.13. The molecule has 2 aromatic rings. The lowest BCUT2D eigenvalue weighted by Crippen LogP contribution is -1.67. The molecule has 0 saturated carbocycles. The molecule has 2 aromatic heterocycles. The highest BCUT2D eigenvalue weighted by atomic mass is 79.9. The van der Waals surface area contributed by atoms with Crippen LogP contribution < -0.4 is 0 Å². The van der Waals surface area contributed by atoms with E-state index in [9.17, 15) is 0 Å². The Morgan fingerprint density at radius 1 is 1.38 bits per heavy atom. The minimum Gasteiger partial charge on any atom is -0.247 e. The fourth-order valence-corrected chi connectivity index (χ4v) is 1.19. The molecule has 0 aliphatic rings. The smallest absolute Gasteiger partial charge is 0.135 e. The normalized spacial score (nSPS) is 8.15. The summed E-state index contributed by atoms with van der Waals surface area (Å²) >= 11 is 1.69. The number of aryl methyl sites for hydroxylation is 2. The van der Waals surface area contributed by atoms with Crippen molar-refractivity contribution in [3.05, 3.63) is 22.4 Å². The lowest BCUT2D eigenvalue weighted by atomic mass is 10.6. The zero-order valence-corrected chi connectivity index (χ0v) is 9.79. The second-order valence-corrected chi connectivity index (χ2v) is 3.13. The summed E-state index contributed by atoms with van der Waals surface area (Å²) in [7, 11) is 0. The number of hydrogen-bond acceptors (Lipinski definition) is 5. The monoisotopic (exact) mass is 263 g/mol. The Morgan fingerprint density at radius 2 is 2.15 bits per heavy atom. The van der Waals surface area contributed by atoms with Crippen LogP contribution in [-0.4, -0.2) is 25.6 Å². The number of nitrogens with zero attached hydrogens (tertiary/aromatic N) is 4. The van der Waals surface area contributed by atoms with Crippen molar-refractivity contribution >= 4 is 28.3 Å². The van der Waals surface area contributed by atoms with Crippen LogP contribution in [0.2, 0.25) is 0 Å². The first-order chi connectivity index (χ1) is 5.79. The van der Waals surface area contributed by atoms with Gasteiger partial charge in [0.05, 0.1) is 5.01 Å². The maximum atomic E-state index is 4.13. The minimum atomic E-state index is 0. The Balaban J connectivity index is 0.000000215. The van der Waals surface area contributed by atoms with E-state index in [4.69, 9.17) is 0 Å². The molecule has 2 heterocycles. The van der Waals surface area contributed by atoms with Gasteiger partial charge in [-0.05, 0) is 24.3 Å². The van der Waals surface area contributed by atoms with E-state index in [1.54, 1.807) is 11.3 Å². The predicted octanol–water partition coefficient (Wildman–Crippen LogP) is 1.54. The van der Waals surface area contributed by atoms with Crippen molar-refractivity contribution in [2.45, 2.75) is 13.8 Å². The van der Waals surface area contributed by atoms with E-state index in [1.165, 1.54) is 6.33 Å². The molecule has 0 fully saturated rings. The number of H-pyrrole nitrogens is 1. The summed E-state index contributed by atoms with van der Waals surface area (Å²) in [4.78, 5) is 4.13. The van der Waals surface area contributed by atoms with E-state index < -0.39 is 0 Å². The molecular weight excluding hydrogens is 254 g/mol. The van der Waals surface area contributed by atoms with Crippen LogP contribution in [0.4, 0.5) is 0 Å². The van der Waals surface area contributed by atoms with Gasteiger partial charge in [-0.25, -0.2) is 10.1 Å². The zero-order chi connectivity index (χ0) is 8.81. The van der Waals surface area contributed by atoms with Crippen LogP contribution in [0.3, 0.4) is 0 Å². The first kappa shape index (κ1) is 12.2. The first-order valence-corrected chi connectivity index (χ1v) is 4.23. The van der Waals surface area contributed by atoms with Crippen molar-refractivity contribution in [3.8, 4) is 0 Å². The molecule has 13 heavy (non-hydrogen) atoms. The molecule has 0 atom stereocenters. The fraction of sp³-hybridized carbons (Fsp3) is 0.333. The van der Waals surface area contributed by atoms with Crippen LogP contribution >= 0.6 is 28.3 Å². The molecule has 7 heteroatoms. The molecular formula is C6H10BrN5S. The van der Waals surface area contributed by atoms with Gasteiger partial charge in [0.15, 0.2) is 0 Å². The van der Waals surface area contributed by atoms with Gasteiger partial charge in [-0.1, -0.05) is 0 Å². The SMILES string of the molecule is Br.Cc1csc(C)n1.c1nnn[nH]1. The number of hydrogen-bond donors (Lipinski definition) is 1. The van der Waals surface area contributed by atoms with E-state index in [-0.39, 0.29) is 17.0 Å². The maximum absolute atomic E-state index is 4.13. The lowest BCUT2D eigenvalue weighted by molar-refractivity contribution is 0.881. The lowest BCUT2D eigenvalue weighted by Gasteiger charge is -1.71. The number of halogens is 1. The molecule has 0 aromatic carbocycles. The number of rotatable bonds is 0. The average Bonchev–Trinajstić information content (AvgIpc) is 2.63. The molecule has 0 spiro atoms. The molecule has 0 radical (unpaired) electrons. The van der Waals surface area contributed by atoms with Crippen LogP contribution in [0.25, 0.3) is 0 Å². The van der Waals surface area contributed by atoms with Gasteiger partial charge in [-0.15, -0.1) is 33.4 Å². The summed E-state index contributed by atoms with van der Waals surface area (Å²) in [6, 6.07) is 0. The van der Waals surface area contributed by atoms with E-state index in [0.29, 0.717) is 0 Å². The van der Waals surface area contributed by atoms with Gasteiger partial charge in [0.25, 0.3) is 0 Å². The molecule has 72 valence electrons. The number of aromatic nitrogens is 5. The van der Waals surface area contributed by atoms with E-state index >= 15 is 0 Å². The van der Waals surface area contributed by atoms with E-state index in [2.05, 4.69) is 31.0 Å². The second-order valence-electron chi connectivity index (χ2n) is 2.07. The highest BCUT2D eigenvalue weighted by molar-refractivity contribution is 8.93. The van der Waals surface area contributed by atoms with Crippen molar-refractivity contribution < 1.29 is 0 Å².